The molecule has 0 unspecified atom stereocenters. The molecule has 2 N–H and O–H groups in total. The van der Waals surface area contributed by atoms with Gasteiger partial charge in [-0.15, -0.1) is 0 Å². The van der Waals surface area contributed by atoms with Gasteiger partial charge < -0.3 is 15.3 Å². The van der Waals surface area contributed by atoms with Crippen molar-refractivity contribution in [3.05, 3.63) is 97.7 Å². The van der Waals surface area contributed by atoms with Crippen LogP contribution in [0.3, 0.4) is 0 Å². The number of aromatic nitrogens is 3. The molecule has 4 heterocycles. The van der Waals surface area contributed by atoms with Gasteiger partial charge in [0.05, 0.1) is 17.3 Å². The Morgan fingerprint density at radius 2 is 1.80 bits per heavy atom. The molecule has 178 valence electrons. The maximum atomic E-state index is 13.4. The lowest BCUT2D eigenvalue weighted by Crippen LogP contribution is -2.27. The Morgan fingerprint density at radius 3 is 2.46 bits per heavy atom. The number of fused-ring (bicyclic) bond motifs is 2. The average Bonchev–Trinajstić information content (AvgIpc) is 3.26. The van der Waals surface area contributed by atoms with E-state index in [1.165, 1.54) is 17.2 Å². The number of carboxylic acid groups (broad SMARTS) is 1. The molecule has 4 aromatic rings. The summed E-state index contributed by atoms with van der Waals surface area (Å²) in [5.41, 5.74) is 5.26. The molecule has 0 fully saturated rings. The Bertz CT molecular complexity index is 1520. The van der Waals surface area contributed by atoms with E-state index in [1.807, 2.05) is 39.0 Å². The summed E-state index contributed by atoms with van der Waals surface area (Å²) in [5, 5.41) is 12.9. The Balaban J connectivity index is 1.60. The summed E-state index contributed by atoms with van der Waals surface area (Å²) >= 11 is 5.90. The van der Waals surface area contributed by atoms with Crippen molar-refractivity contribution in [2.45, 2.75) is 39.9 Å². The lowest BCUT2D eigenvalue weighted by molar-refractivity contribution is 0.0691. The van der Waals surface area contributed by atoms with Crippen LogP contribution in [0.1, 0.15) is 51.3 Å². The number of hydrogen-bond donors (Lipinski definition) is 2. The number of nitrogens with zero attached hydrogens (tertiary/aromatic N) is 4. The number of benzene rings is 1. The molecule has 0 amide bonds. The van der Waals surface area contributed by atoms with Crippen LogP contribution in [0.15, 0.2) is 53.5 Å². The number of carbonyl (C=O) groups is 1. The first-order valence-corrected chi connectivity index (χ1v) is 11.6. The maximum absolute atomic E-state index is 13.4. The molecule has 1 aliphatic rings. The molecule has 0 radical (unpaired) electrons. The molecule has 8 nitrogen and oxygen atoms in total. The van der Waals surface area contributed by atoms with Gasteiger partial charge in [-0.3, -0.25) is 9.20 Å². The minimum absolute atomic E-state index is 0.0987. The molecule has 35 heavy (non-hydrogen) atoms. The molecule has 0 spiro atoms. The van der Waals surface area contributed by atoms with Crippen LogP contribution < -0.4 is 15.8 Å². The third-order valence-electron chi connectivity index (χ3n) is 6.33. The molecule has 1 atom stereocenters. The van der Waals surface area contributed by atoms with Crippen LogP contribution in [-0.4, -0.2) is 25.4 Å². The van der Waals surface area contributed by atoms with E-state index < -0.39 is 5.97 Å². The van der Waals surface area contributed by atoms with E-state index in [0.717, 1.165) is 11.1 Å². The fraction of sp³-hybridized carbons (Fsp3) is 0.231. The van der Waals surface area contributed by atoms with Crippen molar-refractivity contribution in [1.29, 1.82) is 0 Å². The number of halogens is 1. The van der Waals surface area contributed by atoms with Gasteiger partial charge in [-0.2, -0.15) is 0 Å². The highest BCUT2D eigenvalue weighted by Crippen LogP contribution is 2.31. The van der Waals surface area contributed by atoms with Crippen LogP contribution in [-0.2, 0) is 13.1 Å². The van der Waals surface area contributed by atoms with Gasteiger partial charge in [-0.05, 0) is 55.7 Å². The number of hydrogen-bond acceptors (Lipinski definition) is 6. The van der Waals surface area contributed by atoms with E-state index >= 15 is 0 Å². The smallest absolute Gasteiger partial charge is 0.356 e. The highest BCUT2D eigenvalue weighted by Gasteiger charge is 2.25. The zero-order valence-corrected chi connectivity index (χ0v) is 20.3. The van der Waals surface area contributed by atoms with E-state index in [9.17, 15) is 14.7 Å². The summed E-state index contributed by atoms with van der Waals surface area (Å²) in [6.45, 7) is 6.99. The SMILES string of the molecule is Cc1cc([C@@H](C)Nc2ccc(Cl)nc2C(=O)O)c2nc(N3Cc4ccccc4C3)c(C)c(=O)n2c1. The van der Waals surface area contributed by atoms with Crippen LogP contribution in [0.5, 0.6) is 0 Å². The summed E-state index contributed by atoms with van der Waals surface area (Å²) < 4.78 is 1.57. The zero-order valence-electron chi connectivity index (χ0n) is 19.5. The van der Waals surface area contributed by atoms with Gasteiger partial charge in [0.1, 0.15) is 16.6 Å². The van der Waals surface area contributed by atoms with Crippen molar-refractivity contribution in [3.8, 4) is 0 Å². The summed E-state index contributed by atoms with van der Waals surface area (Å²) in [4.78, 5) is 36.1. The number of anilines is 2. The molecule has 0 saturated heterocycles. The second-order valence-corrected chi connectivity index (χ2v) is 9.25. The standard InChI is InChI=1S/C26H24ClN5O3/c1-14-10-19(16(3)28-20-8-9-21(27)29-22(20)26(34)35)24-30-23(15(2)25(33)32(24)11-14)31-12-17-6-4-5-7-18(17)13-31/h4-11,16,28H,12-13H2,1-3H3,(H,34,35)/t16-/m1/s1. The Hall–Kier alpha value is -3.91. The summed E-state index contributed by atoms with van der Waals surface area (Å²) in [7, 11) is 0. The third-order valence-corrected chi connectivity index (χ3v) is 6.54. The third kappa shape index (κ3) is 4.10. The predicted molar refractivity (Wildman–Crippen MR) is 136 cm³/mol. The summed E-state index contributed by atoms with van der Waals surface area (Å²) in [5.74, 6) is -0.528. The first-order chi connectivity index (χ1) is 16.7. The van der Waals surface area contributed by atoms with Gasteiger partial charge >= 0.3 is 5.97 Å². The fourth-order valence-electron chi connectivity index (χ4n) is 4.62. The van der Waals surface area contributed by atoms with Gasteiger partial charge in [0.15, 0.2) is 5.69 Å². The van der Waals surface area contributed by atoms with E-state index in [4.69, 9.17) is 16.6 Å². The number of rotatable bonds is 5. The summed E-state index contributed by atoms with van der Waals surface area (Å²) in [6.07, 6.45) is 1.78. The quantitative estimate of drug-likeness (QED) is 0.390. The fourth-order valence-corrected chi connectivity index (χ4v) is 4.77. The lowest BCUT2D eigenvalue weighted by atomic mass is 10.1. The first kappa shape index (κ1) is 22.9. The molecular weight excluding hydrogens is 466 g/mol. The van der Waals surface area contributed by atoms with Gasteiger partial charge in [0, 0.05) is 24.8 Å². The molecule has 1 aliphatic heterocycles. The number of aromatic carboxylic acids is 1. The molecular formula is C26H24ClN5O3. The van der Waals surface area contributed by atoms with E-state index in [-0.39, 0.29) is 22.4 Å². The van der Waals surface area contributed by atoms with Crippen molar-refractivity contribution in [2.24, 2.45) is 0 Å². The molecule has 3 aromatic heterocycles. The highest BCUT2D eigenvalue weighted by molar-refractivity contribution is 6.29. The van der Waals surface area contributed by atoms with E-state index in [2.05, 4.69) is 27.3 Å². The Labute approximate surface area is 206 Å². The van der Waals surface area contributed by atoms with E-state index in [0.29, 0.717) is 35.8 Å². The number of carboxylic acids is 1. The monoisotopic (exact) mass is 489 g/mol. The number of nitrogens with one attached hydrogen (secondary N) is 1. The Kier molecular flexibility index (Phi) is 5.68. The normalized spacial score (nSPS) is 13.7. The van der Waals surface area contributed by atoms with Crippen molar-refractivity contribution in [3.63, 3.8) is 0 Å². The maximum Gasteiger partial charge on any atom is 0.356 e. The number of aryl methyl sites for hydroxylation is 1. The largest absolute Gasteiger partial charge is 0.476 e. The minimum atomic E-state index is -1.18. The zero-order chi connectivity index (χ0) is 24.9. The molecule has 0 bridgehead atoms. The van der Waals surface area contributed by atoms with Crippen molar-refractivity contribution >= 4 is 34.7 Å². The number of pyridine rings is 2. The summed E-state index contributed by atoms with van der Waals surface area (Å²) in [6, 6.07) is 12.9. The molecule has 1 aromatic carbocycles. The van der Waals surface area contributed by atoms with Gasteiger partial charge in [-0.25, -0.2) is 14.8 Å². The lowest BCUT2D eigenvalue weighted by Gasteiger charge is -2.23. The van der Waals surface area contributed by atoms with Crippen LogP contribution in [0.4, 0.5) is 11.5 Å². The van der Waals surface area contributed by atoms with Crippen LogP contribution in [0.25, 0.3) is 5.65 Å². The molecule has 5 rings (SSSR count). The van der Waals surface area contributed by atoms with Crippen molar-refractivity contribution < 1.29 is 9.90 Å². The van der Waals surface area contributed by atoms with Crippen LogP contribution >= 0.6 is 11.6 Å². The topological polar surface area (TPSA) is 99.8 Å². The van der Waals surface area contributed by atoms with Crippen molar-refractivity contribution in [2.75, 3.05) is 10.2 Å². The molecule has 0 aliphatic carbocycles. The van der Waals surface area contributed by atoms with Crippen LogP contribution in [0, 0.1) is 13.8 Å². The molecule has 0 saturated carbocycles. The van der Waals surface area contributed by atoms with Crippen molar-refractivity contribution in [1.82, 2.24) is 14.4 Å². The predicted octanol–water partition coefficient (Wildman–Crippen LogP) is 4.75. The van der Waals surface area contributed by atoms with Gasteiger partial charge in [0.2, 0.25) is 0 Å². The average molecular weight is 490 g/mol. The van der Waals surface area contributed by atoms with Crippen LogP contribution in [0.2, 0.25) is 5.15 Å². The highest BCUT2D eigenvalue weighted by atomic mass is 35.5. The van der Waals surface area contributed by atoms with Gasteiger partial charge in [-0.1, -0.05) is 35.9 Å². The minimum Gasteiger partial charge on any atom is -0.476 e. The molecule has 9 heteroatoms. The first-order valence-electron chi connectivity index (χ1n) is 11.2. The second kappa shape index (κ2) is 8.70. The van der Waals surface area contributed by atoms with Gasteiger partial charge in [0.25, 0.3) is 5.56 Å². The van der Waals surface area contributed by atoms with E-state index in [1.54, 1.807) is 16.7 Å². The second-order valence-electron chi connectivity index (χ2n) is 8.86. The Morgan fingerprint density at radius 1 is 1.11 bits per heavy atom.